The number of para-hydroxylation sites is 1. The molecule has 0 radical (unpaired) electrons. The van der Waals surface area contributed by atoms with Crippen LogP contribution in [0.5, 0.6) is 5.75 Å². The molecular weight excluding hydrogens is 709 g/mol. The van der Waals surface area contributed by atoms with Crippen LogP contribution in [-0.4, -0.2) is 65.5 Å². The average Bonchev–Trinajstić information content (AvgIpc) is 3.87. The van der Waals surface area contributed by atoms with Crippen molar-refractivity contribution < 1.29 is 24.2 Å². The SMILES string of the molecule is COc1ccc([Si](C)(C)[C@@H]2[C@@H](CCn3cc(CCO)nn3)O[C@]3(C(=O)N(c4ccccc4)c4ccc(N5N=C(c6ccccc6)CCC5=O)cc43)[C@H]2C)cc1. The van der Waals surface area contributed by atoms with Gasteiger partial charge in [-0.1, -0.05) is 91.1 Å². The molecule has 1 N–H and O–H groups in total. The van der Waals surface area contributed by atoms with Crippen LogP contribution >= 0.6 is 0 Å². The summed E-state index contributed by atoms with van der Waals surface area (Å²) in [6.45, 7) is 7.41. The molecule has 4 heterocycles. The zero-order valence-corrected chi connectivity index (χ0v) is 32.6. The van der Waals surface area contributed by atoms with Gasteiger partial charge in [0.15, 0.2) is 5.60 Å². The number of hydrogen-bond donors (Lipinski definition) is 1. The molecule has 1 saturated heterocycles. The molecule has 3 aliphatic rings. The molecule has 55 heavy (non-hydrogen) atoms. The Labute approximate surface area is 322 Å². The molecule has 1 aromatic heterocycles. The molecule has 0 aliphatic carbocycles. The van der Waals surface area contributed by atoms with Crippen molar-refractivity contribution in [3.8, 4) is 5.75 Å². The number of nitrogens with zero attached hydrogens (tertiary/aromatic N) is 6. The molecular formula is C43H46N6O5Si. The molecule has 0 saturated carbocycles. The van der Waals surface area contributed by atoms with E-state index in [2.05, 4.69) is 42.5 Å². The Bertz CT molecular complexity index is 2230. The van der Waals surface area contributed by atoms with Gasteiger partial charge >= 0.3 is 0 Å². The molecule has 1 fully saturated rings. The van der Waals surface area contributed by atoms with E-state index in [9.17, 15) is 9.90 Å². The molecule has 3 aliphatic heterocycles. The summed E-state index contributed by atoms with van der Waals surface area (Å²) in [4.78, 5) is 30.8. The summed E-state index contributed by atoms with van der Waals surface area (Å²) in [7, 11) is -0.751. The second-order valence-corrected chi connectivity index (χ2v) is 19.9. The Morgan fingerprint density at radius 1 is 0.927 bits per heavy atom. The van der Waals surface area contributed by atoms with Gasteiger partial charge in [-0.15, -0.1) is 5.10 Å². The predicted octanol–water partition coefficient (Wildman–Crippen LogP) is 6.34. The van der Waals surface area contributed by atoms with E-state index in [0.29, 0.717) is 37.9 Å². The lowest BCUT2D eigenvalue weighted by atomic mass is 9.82. The van der Waals surface area contributed by atoms with Gasteiger partial charge in [-0.3, -0.25) is 19.2 Å². The largest absolute Gasteiger partial charge is 0.497 e. The fourth-order valence-corrected chi connectivity index (χ4v) is 13.0. The summed E-state index contributed by atoms with van der Waals surface area (Å²) in [6, 6.07) is 33.7. The molecule has 4 atom stereocenters. The van der Waals surface area contributed by atoms with E-state index in [1.807, 2.05) is 97.2 Å². The van der Waals surface area contributed by atoms with E-state index in [-0.39, 0.29) is 36.0 Å². The third-order valence-corrected chi connectivity index (χ3v) is 16.1. The van der Waals surface area contributed by atoms with Crippen LogP contribution in [0.2, 0.25) is 18.6 Å². The van der Waals surface area contributed by atoms with Gasteiger partial charge < -0.3 is 14.6 Å². The first kappa shape index (κ1) is 36.5. The Morgan fingerprint density at radius 3 is 2.36 bits per heavy atom. The Kier molecular flexibility index (Phi) is 9.74. The molecule has 11 nitrogen and oxygen atoms in total. The highest BCUT2D eigenvalue weighted by molar-refractivity contribution is 6.91. The highest BCUT2D eigenvalue weighted by Gasteiger charge is 2.66. The number of rotatable bonds is 11. The second kappa shape index (κ2) is 14.7. The van der Waals surface area contributed by atoms with Crippen LogP contribution in [0.25, 0.3) is 0 Å². The highest BCUT2D eigenvalue weighted by atomic mass is 28.3. The van der Waals surface area contributed by atoms with Crippen molar-refractivity contribution in [3.63, 3.8) is 0 Å². The first-order chi connectivity index (χ1) is 26.6. The minimum atomic E-state index is -2.42. The van der Waals surface area contributed by atoms with E-state index in [1.54, 1.807) is 16.7 Å². The number of fused-ring (bicyclic) bond motifs is 2. The number of benzene rings is 4. The molecule has 8 rings (SSSR count). The number of hydrazone groups is 1. The number of hydrogen-bond acceptors (Lipinski definition) is 8. The lowest BCUT2D eigenvalue weighted by Gasteiger charge is -2.37. The first-order valence-corrected chi connectivity index (χ1v) is 22.1. The summed E-state index contributed by atoms with van der Waals surface area (Å²) in [5.41, 5.74) is 4.00. The fraction of sp³-hybridized carbons (Fsp3) is 0.326. The second-order valence-electron chi connectivity index (χ2n) is 15.2. The number of anilines is 3. The van der Waals surface area contributed by atoms with Gasteiger partial charge in [0, 0.05) is 55.8 Å². The lowest BCUT2D eigenvalue weighted by Crippen LogP contribution is -2.51. The number of ether oxygens (including phenoxy) is 2. The van der Waals surface area contributed by atoms with E-state index in [4.69, 9.17) is 14.6 Å². The van der Waals surface area contributed by atoms with Crippen molar-refractivity contribution in [2.24, 2.45) is 11.0 Å². The standard InChI is InChI=1S/C43H46N6O5Si/c1-29-41(55(3,4)35-18-16-34(53-2)17-19-35)39(23-25-47-28-31(24-26-50)44-46-47)54-43(29)36-27-33(15-21-38(36)48(42(43)52)32-13-9-6-10-14-32)49-40(51)22-20-37(45-49)30-11-7-5-8-12-30/h5-19,21,27-29,39,41,50H,20,22-26H2,1-4H3/t29-,39+,41-,43+/m0/s1. The number of carbonyl (C=O) groups is 2. The normalized spacial score (nSPS) is 22.3. The molecule has 282 valence electrons. The number of aliphatic hydroxyl groups is 1. The number of amides is 2. The van der Waals surface area contributed by atoms with Gasteiger partial charge in [-0.2, -0.15) is 5.10 Å². The third kappa shape index (κ3) is 6.37. The van der Waals surface area contributed by atoms with E-state index >= 15 is 4.79 Å². The van der Waals surface area contributed by atoms with Gasteiger partial charge in [0.1, 0.15) is 5.75 Å². The van der Waals surface area contributed by atoms with Crippen LogP contribution in [0.4, 0.5) is 17.1 Å². The van der Waals surface area contributed by atoms with Crippen LogP contribution in [0, 0.1) is 5.92 Å². The fourth-order valence-electron chi connectivity index (χ4n) is 8.99. The van der Waals surface area contributed by atoms with Crippen LogP contribution in [0.3, 0.4) is 0 Å². The van der Waals surface area contributed by atoms with Crippen molar-refractivity contribution >= 4 is 47.8 Å². The van der Waals surface area contributed by atoms with E-state index in [1.165, 1.54) is 10.2 Å². The molecule has 12 heteroatoms. The predicted molar refractivity (Wildman–Crippen MR) is 215 cm³/mol. The number of aliphatic hydroxyl groups excluding tert-OH is 1. The summed E-state index contributed by atoms with van der Waals surface area (Å²) < 4.78 is 14.7. The number of aromatic nitrogens is 3. The van der Waals surface area contributed by atoms with Crippen molar-refractivity contribution in [2.75, 3.05) is 23.6 Å². The minimum Gasteiger partial charge on any atom is -0.497 e. The van der Waals surface area contributed by atoms with Gasteiger partial charge in [0.25, 0.3) is 5.91 Å². The monoisotopic (exact) mass is 754 g/mol. The Hall–Kier alpha value is -5.43. The van der Waals surface area contributed by atoms with Crippen LogP contribution in [0.15, 0.2) is 114 Å². The van der Waals surface area contributed by atoms with Crippen molar-refractivity contribution in [2.45, 2.75) is 69.5 Å². The molecule has 2 amide bonds. The van der Waals surface area contributed by atoms with Crippen LogP contribution < -0.4 is 19.8 Å². The van der Waals surface area contributed by atoms with Crippen molar-refractivity contribution in [3.05, 3.63) is 126 Å². The van der Waals surface area contributed by atoms with Gasteiger partial charge in [0.05, 0.1) is 44.1 Å². The molecule has 4 aromatic carbocycles. The third-order valence-electron chi connectivity index (χ3n) is 11.7. The minimum absolute atomic E-state index is 0.00246. The molecule has 1 spiro atoms. The van der Waals surface area contributed by atoms with Crippen LogP contribution in [0.1, 0.15) is 43.0 Å². The Morgan fingerprint density at radius 2 is 1.65 bits per heavy atom. The zero-order chi connectivity index (χ0) is 38.3. The van der Waals surface area contributed by atoms with E-state index in [0.717, 1.165) is 39.7 Å². The van der Waals surface area contributed by atoms with Gasteiger partial charge in [0.2, 0.25) is 5.91 Å². The average molecular weight is 755 g/mol. The van der Waals surface area contributed by atoms with Crippen molar-refractivity contribution in [1.82, 2.24) is 15.0 Å². The summed E-state index contributed by atoms with van der Waals surface area (Å²) in [5.74, 6) is 0.293. The zero-order valence-electron chi connectivity index (χ0n) is 31.6. The van der Waals surface area contributed by atoms with Crippen LogP contribution in [-0.2, 0) is 32.9 Å². The number of carbonyl (C=O) groups excluding carboxylic acids is 2. The summed E-state index contributed by atoms with van der Waals surface area (Å²) >= 11 is 0. The maximum Gasteiger partial charge on any atom is 0.268 e. The quantitative estimate of drug-likeness (QED) is 0.156. The molecule has 0 unspecified atom stereocenters. The van der Waals surface area contributed by atoms with Crippen molar-refractivity contribution in [1.29, 1.82) is 0 Å². The number of aryl methyl sites for hydroxylation is 1. The topological polar surface area (TPSA) is 122 Å². The molecule has 5 aromatic rings. The van der Waals surface area contributed by atoms with E-state index < -0.39 is 13.7 Å². The highest BCUT2D eigenvalue weighted by Crippen LogP contribution is 2.61. The number of methoxy groups -OCH3 is 1. The summed E-state index contributed by atoms with van der Waals surface area (Å²) in [6.07, 6.45) is 3.45. The van der Waals surface area contributed by atoms with Gasteiger partial charge in [-0.05, 0) is 60.0 Å². The Balaban J connectivity index is 1.26. The summed E-state index contributed by atoms with van der Waals surface area (Å²) in [5, 5.41) is 25.7. The molecule has 0 bridgehead atoms. The maximum atomic E-state index is 15.4. The first-order valence-electron chi connectivity index (χ1n) is 19.0. The van der Waals surface area contributed by atoms with Gasteiger partial charge in [-0.25, -0.2) is 5.01 Å². The smallest absolute Gasteiger partial charge is 0.268 e. The maximum absolute atomic E-state index is 15.4. The lowest BCUT2D eigenvalue weighted by molar-refractivity contribution is -0.145.